The highest BCUT2D eigenvalue weighted by molar-refractivity contribution is 7.16. The molecule has 130 valence electrons. The number of thiophene rings is 1. The maximum Gasteiger partial charge on any atom is 0.362 e. The molecule has 0 fully saturated rings. The Hall–Kier alpha value is -2.22. The summed E-state index contributed by atoms with van der Waals surface area (Å²) in [6.07, 6.45) is 2.69. The van der Waals surface area contributed by atoms with Gasteiger partial charge in [-0.05, 0) is 45.6 Å². The predicted octanol–water partition coefficient (Wildman–Crippen LogP) is 3.85. The normalized spacial score (nSPS) is 14.5. The largest absolute Gasteiger partial charge is 0.510 e. The number of aliphatic hydroxyl groups excluding tert-OH is 1. The highest BCUT2D eigenvalue weighted by atomic mass is 32.1. The average molecular weight is 352 g/mol. The van der Waals surface area contributed by atoms with E-state index in [1.54, 1.807) is 13.8 Å². The summed E-state index contributed by atoms with van der Waals surface area (Å²) >= 11 is 1.36. The fourth-order valence-electron chi connectivity index (χ4n) is 2.43. The molecule has 1 heterocycles. The van der Waals surface area contributed by atoms with Gasteiger partial charge in [0, 0.05) is 4.88 Å². The quantitative estimate of drug-likeness (QED) is 0.363. The summed E-state index contributed by atoms with van der Waals surface area (Å²) in [6.45, 7) is 5.15. The minimum Gasteiger partial charge on any atom is -0.510 e. The molecule has 0 bridgehead atoms. The summed E-state index contributed by atoms with van der Waals surface area (Å²) in [5, 5.41) is 17.8. The molecule has 1 N–H and O–H groups in total. The van der Waals surface area contributed by atoms with E-state index in [4.69, 9.17) is 9.47 Å². The van der Waals surface area contributed by atoms with Crippen LogP contribution in [-0.4, -0.2) is 30.3 Å². The Morgan fingerprint density at radius 3 is 2.54 bits per heavy atom. The van der Waals surface area contributed by atoms with Crippen LogP contribution in [0.2, 0.25) is 0 Å². The van der Waals surface area contributed by atoms with Crippen LogP contribution in [0.4, 0.5) is 5.00 Å². The molecule has 2 rings (SSSR count). The van der Waals surface area contributed by atoms with Gasteiger partial charge in [-0.3, -0.25) is 0 Å². The van der Waals surface area contributed by atoms with Gasteiger partial charge in [0.25, 0.3) is 0 Å². The Labute approximate surface area is 144 Å². The van der Waals surface area contributed by atoms with Crippen LogP contribution in [0.3, 0.4) is 0 Å². The Balaban J connectivity index is 2.37. The van der Waals surface area contributed by atoms with Crippen molar-refractivity contribution in [1.29, 1.82) is 0 Å². The number of azo groups is 1. The van der Waals surface area contributed by atoms with Crippen LogP contribution in [0.1, 0.15) is 48.0 Å². The molecule has 1 aliphatic carbocycles. The van der Waals surface area contributed by atoms with Crippen LogP contribution in [0, 0.1) is 0 Å². The molecule has 1 aliphatic rings. The maximum absolute atomic E-state index is 12.2. The van der Waals surface area contributed by atoms with Crippen molar-refractivity contribution in [3.05, 3.63) is 27.5 Å². The molecular weight excluding hydrogens is 332 g/mol. The molecule has 8 heteroatoms. The molecule has 0 unspecified atom stereocenters. The van der Waals surface area contributed by atoms with E-state index >= 15 is 0 Å². The van der Waals surface area contributed by atoms with E-state index in [0.717, 1.165) is 29.7 Å². The van der Waals surface area contributed by atoms with E-state index in [1.165, 1.54) is 18.3 Å². The molecule has 0 radical (unpaired) electrons. The summed E-state index contributed by atoms with van der Waals surface area (Å²) in [5.74, 6) is -1.49. The van der Waals surface area contributed by atoms with Crippen LogP contribution in [0.5, 0.6) is 0 Å². The lowest BCUT2D eigenvalue weighted by Gasteiger charge is -2.04. The van der Waals surface area contributed by atoms with Crippen molar-refractivity contribution in [3.8, 4) is 0 Å². The Morgan fingerprint density at radius 1 is 1.21 bits per heavy atom. The van der Waals surface area contributed by atoms with E-state index in [-0.39, 0.29) is 24.7 Å². The number of fused-ring (bicyclic) bond motifs is 1. The van der Waals surface area contributed by atoms with Crippen LogP contribution < -0.4 is 0 Å². The molecule has 0 aliphatic heterocycles. The number of rotatable bonds is 6. The topological polar surface area (TPSA) is 97.6 Å². The molecule has 1 aromatic heterocycles. The summed E-state index contributed by atoms with van der Waals surface area (Å²) in [6, 6.07) is 0. The number of hydrogen-bond donors (Lipinski definition) is 1. The molecule has 0 amide bonds. The SMILES string of the molecule is CCOC(=O)/C(N=Nc1sc2c(c1C(=O)OCC)CCC2)=C(\C)O. The van der Waals surface area contributed by atoms with Crippen molar-refractivity contribution >= 4 is 28.3 Å². The van der Waals surface area contributed by atoms with E-state index in [1.807, 2.05) is 0 Å². The van der Waals surface area contributed by atoms with Crippen molar-refractivity contribution < 1.29 is 24.2 Å². The fourth-order valence-corrected chi connectivity index (χ4v) is 3.63. The summed E-state index contributed by atoms with van der Waals surface area (Å²) in [5.41, 5.74) is 1.09. The number of carbonyl (C=O) groups is 2. The van der Waals surface area contributed by atoms with Crippen molar-refractivity contribution in [2.24, 2.45) is 10.2 Å². The van der Waals surface area contributed by atoms with Crippen molar-refractivity contribution in [1.82, 2.24) is 0 Å². The third kappa shape index (κ3) is 3.81. The third-order valence-electron chi connectivity index (χ3n) is 3.43. The van der Waals surface area contributed by atoms with Gasteiger partial charge in [0.2, 0.25) is 5.70 Å². The summed E-state index contributed by atoms with van der Waals surface area (Å²) in [4.78, 5) is 25.1. The molecule has 7 nitrogen and oxygen atoms in total. The van der Waals surface area contributed by atoms with Gasteiger partial charge in [0.05, 0.1) is 13.2 Å². The molecule has 1 aromatic rings. The first-order chi connectivity index (χ1) is 11.5. The highest BCUT2D eigenvalue weighted by Gasteiger charge is 2.28. The van der Waals surface area contributed by atoms with E-state index in [0.29, 0.717) is 10.6 Å². The predicted molar refractivity (Wildman–Crippen MR) is 88.8 cm³/mol. The summed E-state index contributed by atoms with van der Waals surface area (Å²) < 4.78 is 9.94. The van der Waals surface area contributed by atoms with Crippen LogP contribution >= 0.6 is 11.3 Å². The maximum atomic E-state index is 12.2. The number of allylic oxidation sites excluding steroid dienone is 1. The molecular formula is C16H20N2O5S. The number of esters is 2. The van der Waals surface area contributed by atoms with Crippen molar-refractivity contribution in [2.45, 2.75) is 40.0 Å². The zero-order valence-corrected chi connectivity index (χ0v) is 14.7. The summed E-state index contributed by atoms with van der Waals surface area (Å²) in [7, 11) is 0. The number of carbonyl (C=O) groups excluding carboxylic acids is 2. The van der Waals surface area contributed by atoms with E-state index in [2.05, 4.69) is 10.2 Å². The van der Waals surface area contributed by atoms with Gasteiger partial charge >= 0.3 is 11.9 Å². The highest BCUT2D eigenvalue weighted by Crippen LogP contribution is 2.41. The average Bonchev–Trinajstić information content (AvgIpc) is 3.07. The second-order valence-corrected chi connectivity index (χ2v) is 6.20. The molecule has 0 atom stereocenters. The second kappa shape index (κ2) is 8.05. The fraction of sp³-hybridized carbons (Fsp3) is 0.500. The number of aryl methyl sites for hydroxylation is 1. The van der Waals surface area contributed by atoms with E-state index < -0.39 is 11.9 Å². The first kappa shape index (κ1) is 18.1. The Bertz CT molecular complexity index is 702. The first-order valence-electron chi connectivity index (χ1n) is 7.79. The Morgan fingerprint density at radius 2 is 1.92 bits per heavy atom. The van der Waals surface area contributed by atoms with Crippen LogP contribution in [0.25, 0.3) is 0 Å². The first-order valence-corrected chi connectivity index (χ1v) is 8.61. The van der Waals surface area contributed by atoms with Gasteiger partial charge in [0.1, 0.15) is 11.3 Å². The van der Waals surface area contributed by atoms with Gasteiger partial charge in [0.15, 0.2) is 5.00 Å². The van der Waals surface area contributed by atoms with Gasteiger partial charge in [-0.15, -0.1) is 21.6 Å². The second-order valence-electron chi connectivity index (χ2n) is 5.11. The lowest BCUT2D eigenvalue weighted by Crippen LogP contribution is -2.08. The van der Waals surface area contributed by atoms with Gasteiger partial charge in [-0.1, -0.05) is 0 Å². The molecule has 0 spiro atoms. The molecule has 0 saturated carbocycles. The lowest BCUT2D eigenvalue weighted by atomic mass is 10.1. The number of aliphatic hydroxyl groups is 1. The minimum atomic E-state index is -0.761. The van der Waals surface area contributed by atoms with Gasteiger partial charge in [-0.25, -0.2) is 9.59 Å². The number of hydrogen-bond acceptors (Lipinski definition) is 8. The minimum absolute atomic E-state index is 0.159. The zero-order valence-electron chi connectivity index (χ0n) is 13.9. The van der Waals surface area contributed by atoms with Crippen LogP contribution in [-0.2, 0) is 27.1 Å². The Kier molecular flexibility index (Phi) is 6.08. The standard InChI is InChI=1S/C16H20N2O5S/c1-4-22-15(20)12-10-7-6-8-11(10)24-14(12)18-17-13(9(3)19)16(21)23-5-2/h19H,4-8H2,1-3H3/b13-9-,18-17?. The van der Waals surface area contributed by atoms with Gasteiger partial charge in [-0.2, -0.15) is 0 Å². The van der Waals surface area contributed by atoms with Gasteiger partial charge < -0.3 is 14.6 Å². The lowest BCUT2D eigenvalue weighted by molar-refractivity contribution is -0.138. The van der Waals surface area contributed by atoms with Crippen LogP contribution in [0.15, 0.2) is 21.7 Å². The van der Waals surface area contributed by atoms with Crippen molar-refractivity contribution in [3.63, 3.8) is 0 Å². The number of ether oxygens (including phenoxy) is 2. The third-order valence-corrected chi connectivity index (χ3v) is 4.61. The molecule has 0 saturated heterocycles. The number of nitrogens with zero attached hydrogens (tertiary/aromatic N) is 2. The molecule has 0 aromatic carbocycles. The smallest absolute Gasteiger partial charge is 0.362 e. The van der Waals surface area contributed by atoms with Crippen molar-refractivity contribution in [2.75, 3.05) is 13.2 Å². The monoisotopic (exact) mass is 352 g/mol. The molecule has 24 heavy (non-hydrogen) atoms. The van der Waals surface area contributed by atoms with E-state index in [9.17, 15) is 14.7 Å². The zero-order chi connectivity index (χ0) is 17.7.